The van der Waals surface area contributed by atoms with Crippen LogP contribution in [0.2, 0.25) is 10.0 Å². The Morgan fingerprint density at radius 1 is 1.00 bits per heavy atom. The molecule has 0 amide bonds. The van der Waals surface area contributed by atoms with E-state index in [0.717, 1.165) is 66.8 Å². The minimum Gasteiger partial charge on any atom is -0.383 e. The number of piperidine rings is 1. The molecule has 0 unspecified atom stereocenters. The number of pyridine rings is 1. The van der Waals surface area contributed by atoms with E-state index >= 15 is 0 Å². The van der Waals surface area contributed by atoms with Crippen LogP contribution in [0.4, 0.5) is 11.4 Å². The predicted molar refractivity (Wildman–Crippen MR) is 191 cm³/mol. The van der Waals surface area contributed by atoms with Gasteiger partial charge in [0.15, 0.2) is 0 Å². The van der Waals surface area contributed by atoms with E-state index < -0.39 is 0 Å². The monoisotopic (exact) mass is 666 g/mol. The molecule has 0 aliphatic carbocycles. The number of nitrogens with zero attached hydrogens (tertiary/aromatic N) is 6. The van der Waals surface area contributed by atoms with Crippen LogP contribution in [0.25, 0.3) is 10.9 Å². The molecule has 242 valence electrons. The van der Waals surface area contributed by atoms with Gasteiger partial charge in [-0.3, -0.25) is 9.88 Å². The quantitative estimate of drug-likeness (QED) is 0.144. The smallest absolute Gasteiger partial charge is 0.109 e. The van der Waals surface area contributed by atoms with Gasteiger partial charge in [0, 0.05) is 46.8 Å². The van der Waals surface area contributed by atoms with Gasteiger partial charge >= 0.3 is 0 Å². The zero-order valence-electron chi connectivity index (χ0n) is 27.0. The van der Waals surface area contributed by atoms with Gasteiger partial charge in [0.2, 0.25) is 0 Å². The molecule has 1 aliphatic rings. The highest BCUT2D eigenvalue weighted by Crippen LogP contribution is 2.37. The van der Waals surface area contributed by atoms with E-state index in [4.69, 9.17) is 28.2 Å². The fourth-order valence-corrected chi connectivity index (χ4v) is 6.69. The van der Waals surface area contributed by atoms with E-state index in [-0.39, 0.29) is 17.6 Å². The van der Waals surface area contributed by atoms with Crippen molar-refractivity contribution in [2.75, 3.05) is 30.3 Å². The van der Waals surface area contributed by atoms with Gasteiger partial charge < -0.3 is 10.6 Å². The number of hydrogen-bond acceptors (Lipinski definition) is 7. The molecule has 5 aromatic rings. The van der Waals surface area contributed by atoms with Crippen molar-refractivity contribution < 1.29 is 0 Å². The summed E-state index contributed by atoms with van der Waals surface area (Å²) >= 11 is 13.0. The Kier molecular flexibility index (Phi) is 9.97. The van der Waals surface area contributed by atoms with Crippen LogP contribution in [0.1, 0.15) is 74.5 Å². The second kappa shape index (κ2) is 14.3. The number of halogens is 2. The Labute approximate surface area is 286 Å². The zero-order chi connectivity index (χ0) is 33.0. The van der Waals surface area contributed by atoms with Gasteiger partial charge in [0.05, 0.1) is 40.7 Å². The zero-order valence-corrected chi connectivity index (χ0v) is 28.6. The van der Waals surface area contributed by atoms with Crippen LogP contribution in [-0.4, -0.2) is 50.1 Å². The standard InChI is InChI=1S/C37H40Cl2N8/c1-37(2,3)46-18-15-30(16-19-46)47-24-33(44-45-47)35(26-11-13-28(38)14-12-26)43-32-21-29(39)20-31-34(27(22-40)23-42-36(31)32)41-17-7-10-25-8-5-4-6-9-25/h4-6,8-9,11-14,20-21,23-24,30,35,43H,7,10,15-19H2,1-3H3,(H,41,42)/t35-/m0/s1. The molecule has 1 fully saturated rings. The van der Waals surface area contributed by atoms with Crippen molar-refractivity contribution in [2.45, 2.75) is 64.1 Å². The van der Waals surface area contributed by atoms with Crippen molar-refractivity contribution in [2.24, 2.45) is 0 Å². The minimum absolute atomic E-state index is 0.154. The maximum atomic E-state index is 9.97. The number of likely N-dealkylation sites (tertiary alicyclic amines) is 1. The van der Waals surface area contributed by atoms with Gasteiger partial charge in [-0.25, -0.2) is 4.68 Å². The maximum Gasteiger partial charge on any atom is 0.109 e. The number of aromatic nitrogens is 4. The summed E-state index contributed by atoms with van der Waals surface area (Å²) in [4.78, 5) is 7.27. The average Bonchev–Trinajstić information content (AvgIpc) is 3.56. The average molecular weight is 668 g/mol. The highest BCUT2D eigenvalue weighted by Gasteiger charge is 2.29. The number of anilines is 2. The molecule has 0 spiro atoms. The van der Waals surface area contributed by atoms with E-state index in [1.807, 2.05) is 47.1 Å². The first-order chi connectivity index (χ1) is 22.7. The second-order valence-electron chi connectivity index (χ2n) is 13.2. The lowest BCUT2D eigenvalue weighted by Gasteiger charge is -2.40. The van der Waals surface area contributed by atoms with Gasteiger partial charge in [-0.2, -0.15) is 5.26 Å². The van der Waals surface area contributed by atoms with Crippen LogP contribution < -0.4 is 10.6 Å². The Morgan fingerprint density at radius 2 is 1.74 bits per heavy atom. The summed E-state index contributed by atoms with van der Waals surface area (Å²) in [5.74, 6) is 0. The summed E-state index contributed by atoms with van der Waals surface area (Å²) in [7, 11) is 0. The Bertz CT molecular complexity index is 1850. The van der Waals surface area contributed by atoms with Gasteiger partial charge in [-0.15, -0.1) is 5.10 Å². The topological polar surface area (TPSA) is 94.7 Å². The van der Waals surface area contributed by atoms with Crippen molar-refractivity contribution in [3.63, 3.8) is 0 Å². The number of benzene rings is 3. The summed E-state index contributed by atoms with van der Waals surface area (Å²) in [5, 5.41) is 28.4. The molecule has 3 aromatic carbocycles. The predicted octanol–water partition coefficient (Wildman–Crippen LogP) is 8.69. The van der Waals surface area contributed by atoms with Crippen molar-refractivity contribution in [1.82, 2.24) is 24.9 Å². The minimum atomic E-state index is -0.350. The van der Waals surface area contributed by atoms with E-state index in [1.54, 1.807) is 6.20 Å². The van der Waals surface area contributed by atoms with Crippen LogP contribution in [0.15, 0.2) is 79.1 Å². The maximum absolute atomic E-state index is 9.97. The third-order valence-corrected chi connectivity index (χ3v) is 9.43. The number of nitrogens with one attached hydrogen (secondary N) is 2. The largest absolute Gasteiger partial charge is 0.383 e. The second-order valence-corrected chi connectivity index (χ2v) is 14.0. The molecule has 2 N–H and O–H groups in total. The van der Waals surface area contributed by atoms with Crippen LogP contribution in [0.5, 0.6) is 0 Å². The molecule has 6 rings (SSSR count). The first-order valence-electron chi connectivity index (χ1n) is 16.2. The fraction of sp³-hybridized carbons (Fsp3) is 0.351. The summed E-state index contributed by atoms with van der Waals surface area (Å²) in [6, 6.07) is 24.1. The molecule has 8 nitrogen and oxygen atoms in total. The van der Waals surface area contributed by atoms with Gasteiger partial charge in [0.25, 0.3) is 0 Å². The van der Waals surface area contributed by atoms with Crippen LogP contribution in [-0.2, 0) is 6.42 Å². The number of rotatable bonds is 10. The molecule has 1 aliphatic heterocycles. The molecule has 47 heavy (non-hydrogen) atoms. The normalized spacial score (nSPS) is 15.0. The van der Waals surface area contributed by atoms with Crippen molar-refractivity contribution in [3.8, 4) is 6.07 Å². The lowest BCUT2D eigenvalue weighted by molar-refractivity contribution is 0.0866. The Hall–Kier alpha value is -4.16. The van der Waals surface area contributed by atoms with E-state index in [9.17, 15) is 5.26 Å². The van der Waals surface area contributed by atoms with Crippen molar-refractivity contribution in [1.29, 1.82) is 5.26 Å². The molecule has 0 radical (unpaired) electrons. The third-order valence-electron chi connectivity index (χ3n) is 8.96. The van der Waals surface area contributed by atoms with Crippen LogP contribution in [0.3, 0.4) is 0 Å². The lowest BCUT2D eigenvalue weighted by Crippen LogP contribution is -2.46. The van der Waals surface area contributed by atoms with E-state index in [0.29, 0.717) is 27.7 Å². The van der Waals surface area contributed by atoms with Gasteiger partial charge in [0.1, 0.15) is 11.8 Å². The SMILES string of the molecule is CC(C)(C)N1CCC(n2cc([C@@H](Nc3cc(Cl)cc4c(NCCCc5ccccc5)c(C#N)cnc34)c3ccc(Cl)cc3)nn2)CC1. The summed E-state index contributed by atoms with van der Waals surface area (Å²) in [5.41, 5.74) is 5.84. The molecule has 1 atom stereocenters. The van der Waals surface area contributed by atoms with Crippen molar-refractivity contribution >= 4 is 45.5 Å². The molecule has 1 saturated heterocycles. The third kappa shape index (κ3) is 7.70. The lowest BCUT2D eigenvalue weighted by atomic mass is 9.98. The molecule has 0 bridgehead atoms. The highest BCUT2D eigenvalue weighted by molar-refractivity contribution is 6.32. The fourth-order valence-electron chi connectivity index (χ4n) is 6.34. The molecule has 10 heteroatoms. The summed E-state index contributed by atoms with van der Waals surface area (Å²) in [6.45, 7) is 9.55. The Balaban J connectivity index is 1.29. The molecular weight excluding hydrogens is 627 g/mol. The number of hydrogen-bond donors (Lipinski definition) is 2. The molecule has 0 saturated carbocycles. The first kappa shape index (κ1) is 32.8. The highest BCUT2D eigenvalue weighted by atomic mass is 35.5. The summed E-state index contributed by atoms with van der Waals surface area (Å²) in [6.07, 6.45) is 7.56. The number of nitriles is 1. The number of fused-ring (bicyclic) bond motifs is 1. The Morgan fingerprint density at radius 3 is 2.45 bits per heavy atom. The van der Waals surface area contributed by atoms with Crippen LogP contribution in [0, 0.1) is 11.3 Å². The van der Waals surface area contributed by atoms with Crippen LogP contribution >= 0.6 is 23.2 Å². The number of aryl methyl sites for hydroxylation is 1. The first-order valence-corrected chi connectivity index (χ1v) is 16.9. The van der Waals surface area contributed by atoms with Gasteiger partial charge in [-0.1, -0.05) is 70.9 Å². The molecule has 2 aromatic heterocycles. The summed E-state index contributed by atoms with van der Waals surface area (Å²) < 4.78 is 2.02. The molecule has 3 heterocycles. The van der Waals surface area contributed by atoms with E-state index in [2.05, 4.69) is 83.1 Å². The molecular formula is C37H40Cl2N8. The van der Waals surface area contributed by atoms with Gasteiger partial charge in [-0.05, 0) is 81.8 Å². The van der Waals surface area contributed by atoms with Crippen molar-refractivity contribution in [3.05, 3.63) is 112 Å². The van der Waals surface area contributed by atoms with E-state index in [1.165, 1.54) is 5.56 Å².